The lowest BCUT2D eigenvalue weighted by Gasteiger charge is -2.23. The van der Waals surface area contributed by atoms with E-state index in [1.54, 1.807) is 31.5 Å². The molecule has 3 aromatic rings. The van der Waals surface area contributed by atoms with Gasteiger partial charge in [0.2, 0.25) is 0 Å². The van der Waals surface area contributed by atoms with Crippen molar-refractivity contribution in [1.82, 2.24) is 4.98 Å². The molecule has 1 aliphatic rings. The molecule has 0 radical (unpaired) electrons. The number of rotatable bonds is 5. The number of carbonyl (C=O) groups excluding carboxylic acids is 1. The van der Waals surface area contributed by atoms with Crippen molar-refractivity contribution in [2.45, 2.75) is 26.0 Å². The van der Waals surface area contributed by atoms with E-state index in [9.17, 15) is 4.79 Å². The molecule has 2 aromatic carbocycles. The van der Waals surface area contributed by atoms with E-state index in [4.69, 9.17) is 9.47 Å². The van der Waals surface area contributed by atoms with Crippen molar-refractivity contribution >= 4 is 11.6 Å². The second kappa shape index (κ2) is 7.72. The topological polar surface area (TPSA) is 51.7 Å². The quantitative estimate of drug-likeness (QED) is 0.670. The Morgan fingerprint density at radius 2 is 1.96 bits per heavy atom. The molecule has 5 heteroatoms. The molecule has 1 atom stereocenters. The van der Waals surface area contributed by atoms with Gasteiger partial charge in [0.25, 0.3) is 5.91 Å². The molecule has 1 aromatic heterocycles. The van der Waals surface area contributed by atoms with Crippen LogP contribution in [-0.4, -0.2) is 24.0 Å². The molecular formula is C23H22N2O3. The lowest BCUT2D eigenvalue weighted by molar-refractivity contribution is 0.0981. The van der Waals surface area contributed by atoms with E-state index in [0.29, 0.717) is 23.7 Å². The number of hydrogen-bond donors (Lipinski definition) is 0. The minimum atomic E-state index is -0.0506. The zero-order valence-electron chi connectivity index (χ0n) is 16.0. The van der Waals surface area contributed by atoms with Gasteiger partial charge in [-0.3, -0.25) is 9.78 Å². The molecule has 5 nitrogen and oxygen atoms in total. The van der Waals surface area contributed by atoms with Gasteiger partial charge in [0.1, 0.15) is 6.61 Å². The summed E-state index contributed by atoms with van der Waals surface area (Å²) in [6, 6.07) is 17.2. The fraction of sp³-hybridized carbons (Fsp3) is 0.217. The first kappa shape index (κ1) is 18.0. The van der Waals surface area contributed by atoms with Crippen LogP contribution in [-0.2, 0) is 13.0 Å². The summed E-state index contributed by atoms with van der Waals surface area (Å²) in [4.78, 5) is 19.2. The summed E-state index contributed by atoms with van der Waals surface area (Å²) in [7, 11) is 1.58. The number of hydrogen-bond acceptors (Lipinski definition) is 4. The Balaban J connectivity index is 1.56. The molecule has 0 bridgehead atoms. The summed E-state index contributed by atoms with van der Waals surface area (Å²) < 4.78 is 11.4. The van der Waals surface area contributed by atoms with Crippen LogP contribution >= 0.6 is 0 Å². The van der Waals surface area contributed by atoms with E-state index in [-0.39, 0.29) is 11.9 Å². The van der Waals surface area contributed by atoms with Crippen LogP contribution in [0.5, 0.6) is 11.5 Å². The van der Waals surface area contributed by atoms with Gasteiger partial charge in [0.05, 0.1) is 12.8 Å². The Bertz CT molecular complexity index is 988. The fourth-order valence-electron chi connectivity index (χ4n) is 3.56. The van der Waals surface area contributed by atoms with Crippen LogP contribution in [0.15, 0.2) is 67.0 Å². The smallest absolute Gasteiger partial charge is 0.258 e. The number of nitrogens with zero attached hydrogens (tertiary/aromatic N) is 2. The van der Waals surface area contributed by atoms with Gasteiger partial charge in [-0.25, -0.2) is 0 Å². The van der Waals surface area contributed by atoms with Crippen molar-refractivity contribution in [1.29, 1.82) is 0 Å². The summed E-state index contributed by atoms with van der Waals surface area (Å²) in [6.07, 6.45) is 4.36. The Hall–Kier alpha value is -3.34. The number of aromatic nitrogens is 1. The van der Waals surface area contributed by atoms with Crippen LogP contribution in [0.2, 0.25) is 0 Å². The summed E-state index contributed by atoms with van der Waals surface area (Å²) in [5.74, 6) is 1.11. The van der Waals surface area contributed by atoms with Gasteiger partial charge in [-0.1, -0.05) is 30.3 Å². The lowest BCUT2D eigenvalue weighted by atomic mass is 10.1. The first-order valence-electron chi connectivity index (χ1n) is 9.28. The average Bonchev–Trinajstić information content (AvgIpc) is 3.08. The highest BCUT2D eigenvalue weighted by Crippen LogP contribution is 2.34. The Labute approximate surface area is 164 Å². The molecule has 28 heavy (non-hydrogen) atoms. The highest BCUT2D eigenvalue weighted by atomic mass is 16.5. The maximum Gasteiger partial charge on any atom is 0.258 e. The number of methoxy groups -OCH3 is 1. The van der Waals surface area contributed by atoms with E-state index in [0.717, 1.165) is 23.2 Å². The van der Waals surface area contributed by atoms with Crippen molar-refractivity contribution < 1.29 is 14.3 Å². The predicted octanol–water partition coefficient (Wildman–Crippen LogP) is 4.26. The van der Waals surface area contributed by atoms with Gasteiger partial charge in [-0.2, -0.15) is 0 Å². The van der Waals surface area contributed by atoms with Gasteiger partial charge in [-0.15, -0.1) is 0 Å². The van der Waals surface area contributed by atoms with Gasteiger partial charge in [0.15, 0.2) is 11.5 Å². The summed E-state index contributed by atoms with van der Waals surface area (Å²) in [6.45, 7) is 2.49. The standard InChI is InChI=1S/C23H22N2O3/c1-16-12-19-14-24-11-10-20(19)25(16)23(26)18-8-9-21(22(13-18)27-2)28-15-17-6-4-3-5-7-17/h3-11,13-14,16H,12,15H2,1-2H3. The third-order valence-electron chi connectivity index (χ3n) is 4.96. The van der Waals surface area contributed by atoms with Crippen molar-refractivity contribution in [3.63, 3.8) is 0 Å². The number of anilines is 1. The molecule has 1 amide bonds. The van der Waals surface area contributed by atoms with Gasteiger partial charge in [0, 0.05) is 24.0 Å². The van der Waals surface area contributed by atoms with Crippen molar-refractivity contribution in [3.8, 4) is 11.5 Å². The fourth-order valence-corrected chi connectivity index (χ4v) is 3.56. The van der Waals surface area contributed by atoms with Gasteiger partial charge in [-0.05, 0) is 48.7 Å². The van der Waals surface area contributed by atoms with Crippen molar-refractivity contribution in [3.05, 3.63) is 83.7 Å². The molecule has 1 unspecified atom stereocenters. The zero-order valence-corrected chi connectivity index (χ0v) is 16.0. The van der Waals surface area contributed by atoms with Crippen LogP contribution in [0.4, 0.5) is 5.69 Å². The number of benzene rings is 2. The summed E-state index contributed by atoms with van der Waals surface area (Å²) >= 11 is 0. The number of pyridine rings is 1. The maximum absolute atomic E-state index is 13.2. The van der Waals surface area contributed by atoms with Crippen LogP contribution in [0, 0.1) is 0 Å². The van der Waals surface area contributed by atoms with E-state index in [1.165, 1.54) is 0 Å². The molecule has 0 saturated carbocycles. The minimum Gasteiger partial charge on any atom is -0.493 e. The molecule has 4 rings (SSSR count). The first-order valence-corrected chi connectivity index (χ1v) is 9.28. The summed E-state index contributed by atoms with van der Waals surface area (Å²) in [5, 5.41) is 0. The second-order valence-corrected chi connectivity index (χ2v) is 6.87. The zero-order chi connectivity index (χ0) is 19.5. The highest BCUT2D eigenvalue weighted by molar-refractivity contribution is 6.08. The molecular weight excluding hydrogens is 352 g/mol. The van der Waals surface area contributed by atoms with Crippen molar-refractivity contribution in [2.24, 2.45) is 0 Å². The number of fused-ring (bicyclic) bond motifs is 1. The molecule has 0 N–H and O–H groups in total. The van der Waals surface area contributed by atoms with E-state index < -0.39 is 0 Å². The van der Waals surface area contributed by atoms with Crippen molar-refractivity contribution in [2.75, 3.05) is 12.0 Å². The molecule has 2 heterocycles. The number of amides is 1. The Morgan fingerprint density at radius 1 is 1.14 bits per heavy atom. The molecule has 0 fully saturated rings. The number of ether oxygens (including phenoxy) is 2. The molecule has 142 valence electrons. The largest absolute Gasteiger partial charge is 0.493 e. The molecule has 0 saturated heterocycles. The van der Waals surface area contributed by atoms with Crippen LogP contribution in [0.1, 0.15) is 28.4 Å². The summed E-state index contributed by atoms with van der Waals surface area (Å²) in [5.41, 5.74) is 3.66. The molecule has 0 aliphatic carbocycles. The second-order valence-electron chi connectivity index (χ2n) is 6.87. The lowest BCUT2D eigenvalue weighted by Crippen LogP contribution is -2.35. The number of carbonyl (C=O) groups is 1. The van der Waals surface area contributed by atoms with Crippen LogP contribution < -0.4 is 14.4 Å². The van der Waals surface area contributed by atoms with Crippen LogP contribution in [0.3, 0.4) is 0 Å². The SMILES string of the molecule is COc1cc(C(=O)N2c3ccncc3CC2C)ccc1OCc1ccccc1. The van der Waals surface area contributed by atoms with E-state index in [2.05, 4.69) is 4.98 Å². The molecule has 0 spiro atoms. The van der Waals surface area contributed by atoms with Gasteiger partial charge < -0.3 is 14.4 Å². The monoisotopic (exact) mass is 374 g/mol. The normalized spacial score (nSPS) is 15.2. The van der Waals surface area contributed by atoms with E-state index >= 15 is 0 Å². The van der Waals surface area contributed by atoms with E-state index in [1.807, 2.05) is 54.4 Å². The predicted molar refractivity (Wildman–Crippen MR) is 108 cm³/mol. The first-order chi connectivity index (χ1) is 13.7. The Kier molecular flexibility index (Phi) is 4.98. The van der Waals surface area contributed by atoms with Crippen LogP contribution in [0.25, 0.3) is 0 Å². The average molecular weight is 374 g/mol. The highest BCUT2D eigenvalue weighted by Gasteiger charge is 2.31. The molecule has 1 aliphatic heterocycles. The third-order valence-corrected chi connectivity index (χ3v) is 4.96. The Morgan fingerprint density at radius 3 is 2.75 bits per heavy atom. The van der Waals surface area contributed by atoms with Gasteiger partial charge >= 0.3 is 0 Å². The third kappa shape index (κ3) is 3.43. The minimum absolute atomic E-state index is 0.0506. The maximum atomic E-state index is 13.2.